The van der Waals surface area contributed by atoms with E-state index < -0.39 is 11.7 Å². The Morgan fingerprint density at radius 1 is 1.25 bits per heavy atom. The number of halogens is 3. The molecule has 0 atom stereocenters. The fraction of sp³-hybridized carbons (Fsp3) is 0.167. The lowest BCUT2D eigenvalue weighted by molar-refractivity contribution is -0.137. The highest BCUT2D eigenvalue weighted by molar-refractivity contribution is 7.99. The van der Waals surface area contributed by atoms with Crippen LogP contribution < -0.4 is 5.73 Å². The number of nitrogens with two attached hydrogens (primary N) is 1. The standard InChI is InChI=1S/C12H9F3N4S/c13-12(14,15)9-5-3-8(4-6-9)2-1-7-20-11-17-10(16)18-19-11/h3-6H,7H2,(H3,16,17,18,19). The van der Waals surface area contributed by atoms with Gasteiger partial charge < -0.3 is 5.73 Å². The SMILES string of the molecule is Nc1nc(SCC#Cc2ccc(C(F)(F)F)cc2)n[nH]1. The van der Waals surface area contributed by atoms with Gasteiger partial charge in [-0.3, -0.25) is 0 Å². The van der Waals surface area contributed by atoms with E-state index in [9.17, 15) is 13.2 Å². The maximum absolute atomic E-state index is 12.3. The first-order valence-corrected chi connectivity index (χ1v) is 6.40. The van der Waals surface area contributed by atoms with Crippen LogP contribution in [0.15, 0.2) is 29.4 Å². The number of hydrogen-bond donors (Lipinski definition) is 2. The number of anilines is 1. The minimum Gasteiger partial charge on any atom is -0.368 e. The third-order valence-corrected chi connectivity index (χ3v) is 2.93. The van der Waals surface area contributed by atoms with E-state index in [-0.39, 0.29) is 5.95 Å². The molecule has 104 valence electrons. The zero-order chi connectivity index (χ0) is 14.6. The molecule has 0 aliphatic carbocycles. The van der Waals surface area contributed by atoms with Crippen molar-refractivity contribution >= 4 is 17.7 Å². The van der Waals surface area contributed by atoms with Crippen molar-refractivity contribution in [3.63, 3.8) is 0 Å². The van der Waals surface area contributed by atoms with Gasteiger partial charge in [0.25, 0.3) is 0 Å². The van der Waals surface area contributed by atoms with Gasteiger partial charge >= 0.3 is 6.18 Å². The lowest BCUT2D eigenvalue weighted by atomic mass is 10.1. The molecular weight excluding hydrogens is 289 g/mol. The van der Waals surface area contributed by atoms with E-state index in [4.69, 9.17) is 5.73 Å². The zero-order valence-electron chi connectivity index (χ0n) is 10.0. The summed E-state index contributed by atoms with van der Waals surface area (Å²) in [5.41, 5.74) is 5.19. The lowest BCUT2D eigenvalue weighted by Crippen LogP contribution is -2.04. The average Bonchev–Trinajstić information content (AvgIpc) is 2.80. The molecule has 0 fully saturated rings. The molecule has 0 spiro atoms. The van der Waals surface area contributed by atoms with Crippen molar-refractivity contribution in [3.8, 4) is 11.8 Å². The molecule has 1 heterocycles. The second kappa shape index (κ2) is 5.88. The second-order valence-electron chi connectivity index (χ2n) is 3.67. The fourth-order valence-electron chi connectivity index (χ4n) is 1.30. The Balaban J connectivity index is 1.92. The summed E-state index contributed by atoms with van der Waals surface area (Å²) in [5, 5.41) is 6.77. The van der Waals surface area contributed by atoms with Crippen LogP contribution in [0, 0.1) is 11.8 Å². The highest BCUT2D eigenvalue weighted by atomic mass is 32.2. The monoisotopic (exact) mass is 298 g/mol. The molecule has 0 unspecified atom stereocenters. The van der Waals surface area contributed by atoms with E-state index in [0.717, 1.165) is 12.1 Å². The van der Waals surface area contributed by atoms with Crippen molar-refractivity contribution in [2.75, 3.05) is 11.5 Å². The van der Waals surface area contributed by atoms with Crippen LogP contribution in [0.4, 0.5) is 19.1 Å². The number of rotatable bonds is 2. The zero-order valence-corrected chi connectivity index (χ0v) is 10.8. The quantitative estimate of drug-likeness (QED) is 0.660. The third-order valence-electron chi connectivity index (χ3n) is 2.20. The van der Waals surface area contributed by atoms with Crippen molar-refractivity contribution in [3.05, 3.63) is 35.4 Å². The summed E-state index contributed by atoms with van der Waals surface area (Å²) in [5.74, 6) is 6.22. The van der Waals surface area contributed by atoms with Gasteiger partial charge in [-0.1, -0.05) is 23.6 Å². The fourth-order valence-corrected chi connectivity index (χ4v) is 1.85. The van der Waals surface area contributed by atoms with Crippen molar-refractivity contribution in [1.29, 1.82) is 0 Å². The van der Waals surface area contributed by atoms with E-state index in [1.807, 2.05) is 0 Å². The van der Waals surface area contributed by atoms with Crippen LogP contribution in [0.5, 0.6) is 0 Å². The minimum absolute atomic E-state index is 0.225. The Labute approximate surface area is 117 Å². The maximum Gasteiger partial charge on any atom is 0.416 e. The van der Waals surface area contributed by atoms with Crippen LogP contribution in [0.1, 0.15) is 11.1 Å². The molecule has 0 saturated carbocycles. The number of thioether (sulfide) groups is 1. The molecule has 1 aromatic heterocycles. The Bertz CT molecular complexity index is 637. The molecular formula is C12H9F3N4S. The topological polar surface area (TPSA) is 67.6 Å². The van der Waals surface area contributed by atoms with Gasteiger partial charge in [-0.25, -0.2) is 5.10 Å². The molecule has 4 nitrogen and oxygen atoms in total. The molecule has 0 saturated heterocycles. The van der Waals surface area contributed by atoms with Gasteiger partial charge in [0.2, 0.25) is 11.1 Å². The van der Waals surface area contributed by atoms with Crippen molar-refractivity contribution in [1.82, 2.24) is 15.2 Å². The second-order valence-corrected chi connectivity index (χ2v) is 4.61. The highest BCUT2D eigenvalue weighted by Gasteiger charge is 2.29. The number of nitrogens with one attached hydrogen (secondary N) is 1. The van der Waals surface area contributed by atoms with E-state index in [0.29, 0.717) is 16.5 Å². The van der Waals surface area contributed by atoms with Crippen LogP contribution >= 0.6 is 11.8 Å². The van der Waals surface area contributed by atoms with Crippen molar-refractivity contribution < 1.29 is 13.2 Å². The summed E-state index contributed by atoms with van der Waals surface area (Å²) in [4.78, 5) is 3.88. The molecule has 0 amide bonds. The van der Waals surface area contributed by atoms with Gasteiger partial charge in [-0.2, -0.15) is 18.2 Å². The van der Waals surface area contributed by atoms with E-state index in [2.05, 4.69) is 27.0 Å². The first kappa shape index (κ1) is 14.3. The van der Waals surface area contributed by atoms with Crippen LogP contribution in [-0.2, 0) is 6.18 Å². The van der Waals surface area contributed by atoms with Gasteiger partial charge in [0, 0.05) is 5.56 Å². The maximum atomic E-state index is 12.3. The Morgan fingerprint density at radius 3 is 2.50 bits per heavy atom. The molecule has 1 aromatic carbocycles. The number of nitrogen functional groups attached to an aromatic ring is 1. The molecule has 8 heteroatoms. The molecule has 20 heavy (non-hydrogen) atoms. The number of alkyl halides is 3. The summed E-state index contributed by atoms with van der Waals surface area (Å²) < 4.78 is 37.0. The largest absolute Gasteiger partial charge is 0.416 e. The molecule has 0 aliphatic heterocycles. The van der Waals surface area contributed by atoms with Gasteiger partial charge in [0.15, 0.2) is 0 Å². The normalized spacial score (nSPS) is 10.9. The summed E-state index contributed by atoms with van der Waals surface area (Å²) in [6.45, 7) is 0. The molecule has 0 aliphatic rings. The van der Waals surface area contributed by atoms with Gasteiger partial charge in [0.1, 0.15) is 0 Å². The van der Waals surface area contributed by atoms with E-state index >= 15 is 0 Å². The van der Waals surface area contributed by atoms with Crippen LogP contribution in [0.25, 0.3) is 0 Å². The number of benzene rings is 1. The molecule has 2 rings (SSSR count). The van der Waals surface area contributed by atoms with Crippen LogP contribution in [0.2, 0.25) is 0 Å². The minimum atomic E-state index is -4.33. The number of aromatic nitrogens is 3. The predicted octanol–water partition coefficient (Wildman–Crippen LogP) is 2.55. The first-order chi connectivity index (χ1) is 9.45. The summed E-state index contributed by atoms with van der Waals surface area (Å²) in [6.07, 6.45) is -4.33. The third kappa shape index (κ3) is 3.93. The summed E-state index contributed by atoms with van der Waals surface area (Å²) in [7, 11) is 0. The smallest absolute Gasteiger partial charge is 0.368 e. The van der Waals surface area contributed by atoms with Crippen LogP contribution in [0.3, 0.4) is 0 Å². The van der Waals surface area contributed by atoms with Gasteiger partial charge in [-0.05, 0) is 24.3 Å². The van der Waals surface area contributed by atoms with E-state index in [1.165, 1.54) is 23.9 Å². The predicted molar refractivity (Wildman–Crippen MR) is 69.8 cm³/mol. The molecule has 2 aromatic rings. The number of aromatic amines is 1. The number of nitrogens with zero attached hydrogens (tertiary/aromatic N) is 2. The summed E-state index contributed by atoms with van der Waals surface area (Å²) >= 11 is 1.28. The number of hydrogen-bond acceptors (Lipinski definition) is 4. The van der Waals surface area contributed by atoms with Gasteiger partial charge in [-0.15, -0.1) is 5.10 Å². The Kier molecular flexibility index (Phi) is 4.20. The highest BCUT2D eigenvalue weighted by Crippen LogP contribution is 2.28. The van der Waals surface area contributed by atoms with Crippen molar-refractivity contribution in [2.45, 2.75) is 11.3 Å². The Hall–Kier alpha value is -2.14. The summed E-state index contributed by atoms with van der Waals surface area (Å²) in [6, 6.07) is 4.69. The number of H-pyrrole nitrogens is 1. The molecule has 3 N–H and O–H groups in total. The molecule has 0 radical (unpaired) electrons. The van der Waals surface area contributed by atoms with Crippen LogP contribution in [-0.4, -0.2) is 20.9 Å². The van der Waals surface area contributed by atoms with E-state index in [1.54, 1.807) is 0 Å². The molecule has 0 bridgehead atoms. The Morgan fingerprint density at radius 2 is 1.95 bits per heavy atom. The average molecular weight is 298 g/mol. The first-order valence-electron chi connectivity index (χ1n) is 5.42. The lowest BCUT2D eigenvalue weighted by Gasteiger charge is -2.05. The van der Waals surface area contributed by atoms with Crippen molar-refractivity contribution in [2.24, 2.45) is 0 Å². The van der Waals surface area contributed by atoms with Gasteiger partial charge in [0.05, 0.1) is 11.3 Å².